The molecule has 3 fully saturated rings. The summed E-state index contributed by atoms with van der Waals surface area (Å²) in [5.74, 6) is -3.35. The number of likely N-dealkylation sites (tertiary alicyclic amines) is 1. The van der Waals surface area contributed by atoms with Crippen molar-refractivity contribution in [3.63, 3.8) is 0 Å². The Kier molecular flexibility index (Phi) is 9.23. The lowest BCUT2D eigenvalue weighted by Crippen LogP contribution is -2.62. The largest absolute Gasteiger partial charge is 0.363 e. The first-order valence-corrected chi connectivity index (χ1v) is 15.4. The third-order valence-electron chi connectivity index (χ3n) is 9.44. The van der Waals surface area contributed by atoms with Crippen LogP contribution >= 0.6 is 0 Å². The van der Waals surface area contributed by atoms with Gasteiger partial charge in [-0.25, -0.2) is 4.79 Å². The Bertz CT molecular complexity index is 1320. The Morgan fingerprint density at radius 1 is 1.05 bits per heavy atom. The van der Waals surface area contributed by atoms with Crippen molar-refractivity contribution >= 4 is 35.3 Å². The van der Waals surface area contributed by atoms with Crippen molar-refractivity contribution in [1.29, 1.82) is 0 Å². The van der Waals surface area contributed by atoms with Gasteiger partial charge in [0.05, 0.1) is 12.1 Å². The fourth-order valence-corrected chi connectivity index (χ4v) is 6.49. The molecule has 2 saturated carbocycles. The van der Waals surface area contributed by atoms with Crippen molar-refractivity contribution < 1.29 is 28.8 Å². The van der Waals surface area contributed by atoms with E-state index in [1.807, 2.05) is 34.6 Å². The van der Waals surface area contributed by atoms with Crippen LogP contribution < -0.4 is 21.7 Å². The smallest absolute Gasteiger partial charge is 0.316 e. The lowest BCUT2D eigenvalue weighted by Gasteiger charge is -2.38. The molecule has 0 aromatic carbocycles. The van der Waals surface area contributed by atoms with E-state index in [0.29, 0.717) is 13.0 Å². The standard InChI is InChI=1S/C32H46N6O6/c1-16(2)22(24(39)19-10-8-9-13-34-19)36-30(44)37-26(31(3,4)5)29(43)38-15-18-21(32(18,6)7)23(38)28(42)35-20(14-17-11-12-17)25(40)27(33)41/h8-10,13,16-18,20-23,26H,11-12,14-15H2,1-7H3,(H2,33,41)(H,35,42)(H2,36,37,44)/t18-,20?,21+,22+,23+,26-/m1/s1. The number of nitrogens with one attached hydrogen (secondary N) is 3. The highest BCUT2D eigenvalue weighted by Gasteiger charge is 2.70. The molecule has 12 heteroatoms. The highest BCUT2D eigenvalue weighted by Crippen LogP contribution is 2.65. The lowest BCUT2D eigenvalue weighted by molar-refractivity contribution is -0.145. The van der Waals surface area contributed by atoms with Gasteiger partial charge in [-0.15, -0.1) is 0 Å². The maximum Gasteiger partial charge on any atom is 0.316 e. The summed E-state index contributed by atoms with van der Waals surface area (Å²) in [5.41, 5.74) is 4.54. The Morgan fingerprint density at radius 2 is 1.70 bits per heavy atom. The Balaban J connectivity index is 1.53. The van der Waals surface area contributed by atoms with Gasteiger partial charge < -0.3 is 26.6 Å². The number of pyridine rings is 1. The Labute approximate surface area is 258 Å². The van der Waals surface area contributed by atoms with E-state index >= 15 is 0 Å². The first-order chi connectivity index (χ1) is 20.4. The quantitative estimate of drug-likeness (QED) is 0.206. The monoisotopic (exact) mass is 610 g/mol. The number of carbonyl (C=O) groups excluding carboxylic acids is 6. The summed E-state index contributed by atoms with van der Waals surface area (Å²) in [5, 5.41) is 8.26. The molecular weight excluding hydrogens is 564 g/mol. The zero-order valence-corrected chi connectivity index (χ0v) is 26.7. The molecule has 6 atom stereocenters. The van der Waals surface area contributed by atoms with E-state index in [0.717, 1.165) is 12.8 Å². The molecule has 2 aliphatic carbocycles. The molecule has 1 unspecified atom stereocenters. The summed E-state index contributed by atoms with van der Waals surface area (Å²) in [4.78, 5) is 84.4. The second kappa shape index (κ2) is 12.3. The molecule has 44 heavy (non-hydrogen) atoms. The molecule has 1 aromatic rings. The van der Waals surface area contributed by atoms with E-state index in [9.17, 15) is 28.8 Å². The van der Waals surface area contributed by atoms with Gasteiger partial charge in [0.1, 0.15) is 17.8 Å². The first kappa shape index (κ1) is 33.1. The van der Waals surface area contributed by atoms with Crippen LogP contribution in [0.25, 0.3) is 0 Å². The van der Waals surface area contributed by atoms with Gasteiger partial charge in [0.2, 0.25) is 23.4 Å². The number of urea groups is 1. The van der Waals surface area contributed by atoms with Crippen LogP contribution in [0.4, 0.5) is 4.79 Å². The number of hydrogen-bond acceptors (Lipinski definition) is 7. The molecule has 1 aromatic heterocycles. The molecule has 0 bridgehead atoms. The molecule has 3 aliphatic rings. The average molecular weight is 611 g/mol. The minimum atomic E-state index is -1.11. The van der Waals surface area contributed by atoms with Gasteiger partial charge in [0.15, 0.2) is 0 Å². The number of hydrogen-bond donors (Lipinski definition) is 4. The van der Waals surface area contributed by atoms with Crippen molar-refractivity contribution in [2.45, 2.75) is 91.9 Å². The zero-order chi connectivity index (χ0) is 32.7. The minimum Gasteiger partial charge on any atom is -0.363 e. The third kappa shape index (κ3) is 6.94. The maximum absolute atomic E-state index is 14.2. The van der Waals surface area contributed by atoms with E-state index < -0.39 is 59.1 Å². The van der Waals surface area contributed by atoms with Crippen molar-refractivity contribution in [3.05, 3.63) is 30.1 Å². The van der Waals surface area contributed by atoms with Gasteiger partial charge in [-0.2, -0.15) is 0 Å². The normalized spacial score (nSPS) is 24.0. The average Bonchev–Trinajstić information content (AvgIpc) is 3.80. The summed E-state index contributed by atoms with van der Waals surface area (Å²) < 4.78 is 0. The summed E-state index contributed by atoms with van der Waals surface area (Å²) in [6, 6.07) is 0.431. The van der Waals surface area contributed by atoms with Crippen LogP contribution in [-0.2, 0) is 19.2 Å². The highest BCUT2D eigenvalue weighted by molar-refractivity contribution is 6.37. The van der Waals surface area contributed by atoms with Gasteiger partial charge >= 0.3 is 6.03 Å². The number of piperidine rings is 1. The second-order valence-electron chi connectivity index (χ2n) is 14.6. The van der Waals surface area contributed by atoms with Crippen LogP contribution in [0.5, 0.6) is 0 Å². The maximum atomic E-state index is 14.2. The summed E-state index contributed by atoms with van der Waals surface area (Å²) in [7, 11) is 0. The molecule has 5 N–H and O–H groups in total. The molecule has 1 saturated heterocycles. The van der Waals surface area contributed by atoms with Crippen LogP contribution in [0.15, 0.2) is 24.4 Å². The van der Waals surface area contributed by atoms with Crippen molar-refractivity contribution in [3.8, 4) is 0 Å². The number of primary amides is 1. The van der Waals surface area contributed by atoms with Crippen molar-refractivity contribution in [1.82, 2.24) is 25.8 Å². The minimum absolute atomic E-state index is 0.0617. The number of amides is 5. The van der Waals surface area contributed by atoms with Crippen molar-refractivity contribution in [2.75, 3.05) is 6.54 Å². The zero-order valence-electron chi connectivity index (χ0n) is 26.7. The molecule has 4 rings (SSSR count). The second-order valence-corrected chi connectivity index (χ2v) is 14.6. The number of aromatic nitrogens is 1. The van der Waals surface area contributed by atoms with Crippen LogP contribution in [0.2, 0.25) is 0 Å². The van der Waals surface area contributed by atoms with E-state index in [1.54, 1.807) is 32.0 Å². The summed E-state index contributed by atoms with van der Waals surface area (Å²) >= 11 is 0. The Hall–Kier alpha value is -3.83. The molecule has 2 heterocycles. The summed E-state index contributed by atoms with van der Waals surface area (Å²) in [6.45, 7) is 13.4. The van der Waals surface area contributed by atoms with Crippen LogP contribution in [0, 0.1) is 34.5 Å². The van der Waals surface area contributed by atoms with Crippen LogP contribution in [-0.4, -0.2) is 75.9 Å². The molecule has 240 valence electrons. The SMILES string of the molecule is CC(C)[C@H](NC(=O)N[C@H](C(=O)N1C[C@@H]2[C@@H]([C@H]1C(=O)NC(CC1CC1)C(=O)C(N)=O)C2(C)C)C(C)(C)C)C(=O)c1ccccn1. The third-order valence-corrected chi connectivity index (χ3v) is 9.44. The lowest BCUT2D eigenvalue weighted by atomic mass is 9.85. The van der Waals surface area contributed by atoms with Gasteiger partial charge in [0, 0.05) is 12.7 Å². The number of carbonyl (C=O) groups is 6. The van der Waals surface area contributed by atoms with Crippen molar-refractivity contribution in [2.24, 2.45) is 40.2 Å². The van der Waals surface area contributed by atoms with E-state index in [2.05, 4.69) is 20.9 Å². The van der Waals surface area contributed by atoms with Gasteiger partial charge in [-0.3, -0.25) is 29.0 Å². The van der Waals surface area contributed by atoms with Gasteiger partial charge in [-0.05, 0) is 53.1 Å². The van der Waals surface area contributed by atoms with E-state index in [1.165, 1.54) is 11.1 Å². The number of nitrogens with zero attached hydrogens (tertiary/aromatic N) is 2. The highest BCUT2D eigenvalue weighted by atomic mass is 16.2. The first-order valence-electron chi connectivity index (χ1n) is 15.4. The van der Waals surface area contributed by atoms with Crippen LogP contribution in [0.3, 0.4) is 0 Å². The molecule has 1 aliphatic heterocycles. The van der Waals surface area contributed by atoms with Crippen LogP contribution in [0.1, 0.15) is 78.2 Å². The molecule has 12 nitrogen and oxygen atoms in total. The fourth-order valence-electron chi connectivity index (χ4n) is 6.49. The molecule has 0 radical (unpaired) electrons. The van der Waals surface area contributed by atoms with E-state index in [-0.39, 0.29) is 40.6 Å². The fraction of sp³-hybridized carbons (Fsp3) is 0.656. The number of Topliss-reactive ketones (excluding diaryl/α,β-unsaturated/α-hetero) is 2. The number of fused-ring (bicyclic) bond motifs is 1. The van der Waals surface area contributed by atoms with Gasteiger partial charge in [0.25, 0.3) is 5.91 Å². The number of rotatable bonds is 12. The molecule has 0 spiro atoms. The number of ketones is 2. The predicted molar refractivity (Wildman–Crippen MR) is 162 cm³/mol. The number of nitrogens with two attached hydrogens (primary N) is 1. The molecular formula is C32H46N6O6. The molecule has 5 amide bonds. The Morgan fingerprint density at radius 3 is 2.23 bits per heavy atom. The van der Waals surface area contributed by atoms with Gasteiger partial charge in [-0.1, -0.05) is 67.4 Å². The predicted octanol–water partition coefficient (Wildman–Crippen LogP) is 1.83. The van der Waals surface area contributed by atoms with E-state index in [4.69, 9.17) is 5.73 Å². The summed E-state index contributed by atoms with van der Waals surface area (Å²) in [6.07, 6.45) is 3.66. The topological polar surface area (TPSA) is 181 Å².